The molecule has 0 aliphatic rings. The molecule has 3 nitrogen and oxygen atoms in total. The molecule has 18 heavy (non-hydrogen) atoms. The van der Waals surface area contributed by atoms with Gasteiger partial charge in [-0.1, -0.05) is 0 Å². The number of halogens is 4. The summed E-state index contributed by atoms with van der Waals surface area (Å²) in [4.78, 5) is 6.98. The Morgan fingerprint density at radius 1 is 1.17 bits per heavy atom. The van der Waals surface area contributed by atoms with E-state index in [0.29, 0.717) is 0 Å². The maximum atomic E-state index is 13.9. The molecule has 0 bridgehead atoms. The molecule has 0 atom stereocenters. The molecule has 0 saturated heterocycles. The third kappa shape index (κ3) is 2.11. The van der Waals surface area contributed by atoms with Crippen molar-refractivity contribution in [3.05, 3.63) is 41.1 Å². The Morgan fingerprint density at radius 3 is 2.56 bits per heavy atom. The smallest absolute Gasteiger partial charge is 0.223 e. The normalized spacial score (nSPS) is 10.5. The maximum absolute atomic E-state index is 13.9. The van der Waals surface area contributed by atoms with Gasteiger partial charge in [-0.25, -0.2) is 23.1 Å². The van der Waals surface area contributed by atoms with Gasteiger partial charge < -0.3 is 4.74 Å². The van der Waals surface area contributed by atoms with Gasteiger partial charge in [0.2, 0.25) is 5.28 Å². The molecule has 7 heteroatoms. The molecular weight excluding hydrogens is 269 g/mol. The average molecular weight is 275 g/mol. The summed E-state index contributed by atoms with van der Waals surface area (Å²) in [5.74, 6) is -3.42. The van der Waals surface area contributed by atoms with E-state index < -0.39 is 23.2 Å². The molecule has 0 radical (unpaired) electrons. The van der Waals surface area contributed by atoms with Gasteiger partial charge in [0.15, 0.2) is 23.2 Å². The number of aromatic nitrogens is 2. The zero-order chi connectivity index (χ0) is 13.3. The summed E-state index contributed by atoms with van der Waals surface area (Å²) in [5.41, 5.74) is -0.610. The number of ether oxygens (including phenoxy) is 1. The fraction of sp³-hybridized carbons (Fsp3) is 0.0909. The lowest BCUT2D eigenvalue weighted by Gasteiger charge is -2.08. The third-order valence-electron chi connectivity index (χ3n) is 2.22. The fourth-order valence-electron chi connectivity index (χ4n) is 1.44. The highest BCUT2D eigenvalue weighted by atomic mass is 35.5. The van der Waals surface area contributed by atoms with Gasteiger partial charge in [0, 0.05) is 5.56 Å². The van der Waals surface area contributed by atoms with E-state index in [0.717, 1.165) is 25.4 Å². The fourth-order valence-corrected chi connectivity index (χ4v) is 1.57. The van der Waals surface area contributed by atoms with Gasteiger partial charge in [0.25, 0.3) is 0 Å². The van der Waals surface area contributed by atoms with E-state index >= 15 is 0 Å². The molecule has 94 valence electrons. The van der Waals surface area contributed by atoms with Crippen LogP contribution in [0.5, 0.6) is 5.75 Å². The summed E-state index contributed by atoms with van der Waals surface area (Å²) < 4.78 is 45.2. The van der Waals surface area contributed by atoms with E-state index in [1.165, 1.54) is 0 Å². The van der Waals surface area contributed by atoms with Crippen LogP contribution in [0.3, 0.4) is 0 Å². The first-order valence-corrected chi connectivity index (χ1v) is 5.12. The number of methoxy groups -OCH3 is 1. The number of nitrogens with zero attached hydrogens (tertiary/aromatic N) is 2. The Hall–Kier alpha value is -1.82. The van der Waals surface area contributed by atoms with Crippen molar-refractivity contribution in [2.75, 3.05) is 7.11 Å². The van der Waals surface area contributed by atoms with Crippen LogP contribution in [0.2, 0.25) is 5.28 Å². The van der Waals surface area contributed by atoms with Gasteiger partial charge in [0.05, 0.1) is 13.3 Å². The van der Waals surface area contributed by atoms with Gasteiger partial charge in [-0.05, 0) is 23.7 Å². The van der Waals surface area contributed by atoms with Crippen LogP contribution < -0.4 is 4.74 Å². The first-order valence-electron chi connectivity index (χ1n) is 4.75. The first kappa shape index (κ1) is 12.6. The van der Waals surface area contributed by atoms with E-state index in [2.05, 4.69) is 14.7 Å². The second-order valence-corrected chi connectivity index (χ2v) is 3.62. The van der Waals surface area contributed by atoms with Crippen molar-refractivity contribution >= 4 is 11.6 Å². The van der Waals surface area contributed by atoms with Crippen LogP contribution in [0.15, 0.2) is 18.3 Å². The van der Waals surface area contributed by atoms with Gasteiger partial charge in [-0.2, -0.15) is 0 Å². The molecule has 0 aliphatic carbocycles. The van der Waals surface area contributed by atoms with E-state index in [1.807, 2.05) is 0 Å². The SMILES string of the molecule is COc1c(F)ccc(-c2nc(Cl)ncc2F)c1F. The molecule has 0 unspecified atom stereocenters. The lowest BCUT2D eigenvalue weighted by atomic mass is 10.1. The summed E-state index contributed by atoms with van der Waals surface area (Å²) in [7, 11) is 1.11. The summed E-state index contributed by atoms with van der Waals surface area (Å²) in [6, 6.07) is 2.00. The van der Waals surface area contributed by atoms with Crippen LogP contribution in [0.25, 0.3) is 11.3 Å². The Balaban J connectivity index is 2.68. The van der Waals surface area contributed by atoms with Gasteiger partial charge >= 0.3 is 0 Å². The molecule has 0 amide bonds. The minimum Gasteiger partial charge on any atom is -0.491 e. The minimum atomic E-state index is -1.05. The van der Waals surface area contributed by atoms with Crippen LogP contribution in [-0.4, -0.2) is 17.1 Å². The second kappa shape index (κ2) is 4.81. The molecule has 2 rings (SSSR count). The zero-order valence-electron chi connectivity index (χ0n) is 9.05. The molecule has 0 N–H and O–H groups in total. The standard InChI is InChI=1S/C11H6ClF3N2O/c1-18-10-6(13)3-2-5(8(10)15)9-7(14)4-16-11(12)17-9/h2-4H,1H3. The number of hydrogen-bond acceptors (Lipinski definition) is 3. The Kier molecular flexibility index (Phi) is 3.38. The highest BCUT2D eigenvalue weighted by Gasteiger charge is 2.19. The van der Waals surface area contributed by atoms with Crippen molar-refractivity contribution in [2.24, 2.45) is 0 Å². The maximum Gasteiger partial charge on any atom is 0.223 e. The number of benzene rings is 1. The van der Waals surface area contributed by atoms with Crippen LogP contribution in [0.4, 0.5) is 13.2 Å². The first-order chi connectivity index (χ1) is 8.54. The molecule has 0 saturated carbocycles. The minimum absolute atomic E-state index is 0.242. The molecule has 1 aromatic heterocycles. The van der Waals surface area contributed by atoms with E-state index in [4.69, 9.17) is 11.6 Å². The summed E-state index contributed by atoms with van der Waals surface area (Å²) in [6.07, 6.45) is 0.805. The highest BCUT2D eigenvalue weighted by Crippen LogP contribution is 2.31. The van der Waals surface area contributed by atoms with Gasteiger partial charge in [-0.15, -0.1) is 0 Å². The molecule has 1 aromatic carbocycles. The second-order valence-electron chi connectivity index (χ2n) is 3.28. The molecular formula is C11H6ClF3N2O. The predicted octanol–water partition coefficient (Wildman–Crippen LogP) is 3.22. The van der Waals surface area contributed by atoms with E-state index in [-0.39, 0.29) is 16.5 Å². The van der Waals surface area contributed by atoms with Crippen molar-refractivity contribution in [1.29, 1.82) is 0 Å². The molecule has 0 aliphatic heterocycles. The summed E-state index contributed by atoms with van der Waals surface area (Å²) >= 11 is 5.51. The Bertz CT molecular complexity index is 607. The molecule has 2 aromatic rings. The molecule has 1 heterocycles. The van der Waals surface area contributed by atoms with Crippen LogP contribution >= 0.6 is 11.6 Å². The van der Waals surface area contributed by atoms with E-state index in [9.17, 15) is 13.2 Å². The van der Waals surface area contributed by atoms with Crippen molar-refractivity contribution in [2.45, 2.75) is 0 Å². The van der Waals surface area contributed by atoms with Crippen molar-refractivity contribution in [3.8, 4) is 17.0 Å². The highest BCUT2D eigenvalue weighted by molar-refractivity contribution is 6.28. The third-order valence-corrected chi connectivity index (χ3v) is 2.41. The topological polar surface area (TPSA) is 35.0 Å². The van der Waals surface area contributed by atoms with E-state index in [1.54, 1.807) is 0 Å². The average Bonchev–Trinajstić information content (AvgIpc) is 2.34. The van der Waals surface area contributed by atoms with Crippen molar-refractivity contribution in [3.63, 3.8) is 0 Å². The Labute approximate surface area is 105 Å². The summed E-state index contributed by atoms with van der Waals surface area (Å²) in [5, 5.41) is -0.242. The molecule has 0 fully saturated rings. The lowest BCUT2D eigenvalue weighted by molar-refractivity contribution is 0.360. The largest absolute Gasteiger partial charge is 0.491 e. The predicted molar refractivity (Wildman–Crippen MR) is 58.9 cm³/mol. The van der Waals surface area contributed by atoms with Crippen molar-refractivity contribution in [1.82, 2.24) is 9.97 Å². The van der Waals surface area contributed by atoms with Crippen LogP contribution in [0.1, 0.15) is 0 Å². The van der Waals surface area contributed by atoms with Crippen molar-refractivity contribution < 1.29 is 17.9 Å². The quantitative estimate of drug-likeness (QED) is 0.789. The Morgan fingerprint density at radius 2 is 1.89 bits per heavy atom. The number of hydrogen-bond donors (Lipinski definition) is 0. The summed E-state index contributed by atoms with van der Waals surface area (Å²) in [6.45, 7) is 0. The number of rotatable bonds is 2. The van der Waals surface area contributed by atoms with Gasteiger partial charge in [0.1, 0.15) is 5.69 Å². The van der Waals surface area contributed by atoms with Gasteiger partial charge in [-0.3, -0.25) is 0 Å². The molecule has 0 spiro atoms. The zero-order valence-corrected chi connectivity index (χ0v) is 9.80. The lowest BCUT2D eigenvalue weighted by Crippen LogP contribution is -1.99. The van der Waals surface area contributed by atoms with Crippen LogP contribution in [0, 0.1) is 17.5 Å². The van der Waals surface area contributed by atoms with Crippen LogP contribution in [-0.2, 0) is 0 Å². The monoisotopic (exact) mass is 274 g/mol.